The van der Waals surface area contributed by atoms with Crippen LogP contribution in [0.5, 0.6) is 5.88 Å². The predicted octanol–water partition coefficient (Wildman–Crippen LogP) is 3.17. The summed E-state index contributed by atoms with van der Waals surface area (Å²) in [6.45, 7) is 2.21. The van der Waals surface area contributed by atoms with Crippen LogP contribution in [0, 0.1) is 5.92 Å². The molecule has 1 saturated carbocycles. The molecule has 0 aromatic carbocycles. The van der Waals surface area contributed by atoms with E-state index in [1.165, 1.54) is 30.6 Å². The molecule has 96 valence electrons. The highest BCUT2D eigenvalue weighted by atomic mass is 32.1. The average molecular weight is 264 g/mol. The molecular weight excluding hydrogens is 248 g/mol. The Morgan fingerprint density at radius 3 is 3.11 bits per heavy atom. The summed E-state index contributed by atoms with van der Waals surface area (Å²) in [6, 6.07) is 0. The minimum Gasteiger partial charge on any atom is -0.472 e. The molecule has 0 N–H and O–H groups in total. The Bertz CT molecular complexity index is 560. The average Bonchev–Trinajstić information content (AvgIpc) is 2.92. The Hall–Kier alpha value is -1.36. The van der Waals surface area contributed by atoms with Crippen LogP contribution in [-0.4, -0.2) is 21.8 Å². The van der Waals surface area contributed by atoms with Gasteiger partial charge in [0.05, 0.1) is 0 Å². The molecule has 1 aliphatic rings. The van der Waals surface area contributed by atoms with Crippen LogP contribution in [0.15, 0.2) is 11.6 Å². The van der Waals surface area contributed by atoms with E-state index in [4.69, 9.17) is 4.74 Å². The molecule has 2 unspecified atom stereocenters. The molecule has 2 aromatic heterocycles. The standard InChI is InChI=1S/C13H16N2O2S/c1-9-4-2-3-5-11(9)17-12-10(8-16)15-6-7-18-13(15)14-12/h6-9,11H,2-5H2,1H3. The summed E-state index contributed by atoms with van der Waals surface area (Å²) in [5, 5.41) is 1.92. The lowest BCUT2D eigenvalue weighted by Crippen LogP contribution is -2.28. The number of carbonyl (C=O) groups excluding carboxylic acids is 1. The van der Waals surface area contributed by atoms with Gasteiger partial charge in [0, 0.05) is 11.6 Å². The molecule has 1 aliphatic carbocycles. The molecule has 0 radical (unpaired) electrons. The van der Waals surface area contributed by atoms with Crippen LogP contribution in [-0.2, 0) is 0 Å². The molecule has 4 nitrogen and oxygen atoms in total. The maximum Gasteiger partial charge on any atom is 0.244 e. The number of nitrogens with zero attached hydrogens (tertiary/aromatic N) is 2. The third-order valence-electron chi connectivity index (χ3n) is 3.67. The number of rotatable bonds is 3. The van der Waals surface area contributed by atoms with Gasteiger partial charge in [-0.25, -0.2) is 0 Å². The summed E-state index contributed by atoms with van der Waals surface area (Å²) < 4.78 is 7.77. The Morgan fingerprint density at radius 2 is 2.33 bits per heavy atom. The summed E-state index contributed by atoms with van der Waals surface area (Å²) in [7, 11) is 0. The maximum atomic E-state index is 11.2. The second-order valence-corrected chi connectivity index (χ2v) is 5.77. The number of imidazole rings is 1. The van der Waals surface area contributed by atoms with Crippen LogP contribution in [0.2, 0.25) is 0 Å². The summed E-state index contributed by atoms with van der Waals surface area (Å²) in [6.07, 6.45) is 7.62. The van der Waals surface area contributed by atoms with Gasteiger partial charge in [0.25, 0.3) is 0 Å². The van der Waals surface area contributed by atoms with Gasteiger partial charge in [0.2, 0.25) is 5.88 Å². The molecule has 3 rings (SSSR count). The highest BCUT2D eigenvalue weighted by molar-refractivity contribution is 7.15. The predicted molar refractivity (Wildman–Crippen MR) is 70.5 cm³/mol. The second-order valence-electron chi connectivity index (χ2n) is 4.89. The quantitative estimate of drug-likeness (QED) is 0.800. The summed E-state index contributed by atoms with van der Waals surface area (Å²) in [4.78, 5) is 16.4. The first-order valence-electron chi connectivity index (χ1n) is 6.37. The molecule has 0 aliphatic heterocycles. The number of hydrogen-bond donors (Lipinski definition) is 0. The zero-order valence-corrected chi connectivity index (χ0v) is 11.2. The molecule has 2 atom stereocenters. The Kier molecular flexibility index (Phi) is 3.07. The second kappa shape index (κ2) is 4.72. The topological polar surface area (TPSA) is 43.6 Å². The van der Waals surface area contributed by atoms with Gasteiger partial charge < -0.3 is 4.74 Å². The third-order valence-corrected chi connectivity index (χ3v) is 4.43. The van der Waals surface area contributed by atoms with E-state index >= 15 is 0 Å². The number of aldehydes is 1. The van der Waals surface area contributed by atoms with Crippen molar-refractivity contribution in [3.8, 4) is 5.88 Å². The van der Waals surface area contributed by atoms with Crippen molar-refractivity contribution >= 4 is 22.6 Å². The Morgan fingerprint density at radius 1 is 1.50 bits per heavy atom. The fourth-order valence-electron chi connectivity index (χ4n) is 2.58. The summed E-state index contributed by atoms with van der Waals surface area (Å²) in [5.41, 5.74) is 0.532. The van der Waals surface area contributed by atoms with E-state index in [0.717, 1.165) is 17.7 Å². The molecule has 1 fully saturated rings. The summed E-state index contributed by atoms with van der Waals surface area (Å²) >= 11 is 1.51. The SMILES string of the molecule is CC1CCCCC1Oc1nc2sccn2c1C=O. The largest absolute Gasteiger partial charge is 0.472 e. The van der Waals surface area contributed by atoms with Gasteiger partial charge in [-0.2, -0.15) is 4.98 Å². The molecular formula is C13H16N2O2S. The van der Waals surface area contributed by atoms with E-state index in [1.54, 1.807) is 4.40 Å². The number of ether oxygens (including phenoxy) is 1. The number of hydrogen-bond acceptors (Lipinski definition) is 4. The van der Waals surface area contributed by atoms with Crippen molar-refractivity contribution in [1.82, 2.24) is 9.38 Å². The fraction of sp³-hybridized carbons (Fsp3) is 0.538. The fourth-order valence-corrected chi connectivity index (χ4v) is 3.29. The normalized spacial score (nSPS) is 24.3. The number of carbonyl (C=O) groups is 1. The van der Waals surface area contributed by atoms with E-state index in [0.29, 0.717) is 17.5 Å². The first-order chi connectivity index (χ1) is 8.79. The number of thiazole rings is 1. The summed E-state index contributed by atoms with van der Waals surface area (Å²) in [5.74, 6) is 1.04. The van der Waals surface area contributed by atoms with Crippen molar-refractivity contribution in [2.24, 2.45) is 5.92 Å². The molecule has 5 heteroatoms. The lowest BCUT2D eigenvalue weighted by Gasteiger charge is -2.28. The lowest BCUT2D eigenvalue weighted by atomic mass is 9.88. The van der Waals surface area contributed by atoms with Crippen LogP contribution in [0.25, 0.3) is 4.96 Å². The van der Waals surface area contributed by atoms with E-state index in [1.807, 2.05) is 11.6 Å². The molecule has 0 bridgehead atoms. The molecule has 0 saturated heterocycles. The molecule has 0 amide bonds. The van der Waals surface area contributed by atoms with Crippen LogP contribution >= 0.6 is 11.3 Å². The Labute approximate surface area is 110 Å². The molecule has 2 aromatic rings. The van der Waals surface area contributed by atoms with Crippen molar-refractivity contribution in [3.05, 3.63) is 17.3 Å². The van der Waals surface area contributed by atoms with Crippen molar-refractivity contribution in [3.63, 3.8) is 0 Å². The minimum absolute atomic E-state index is 0.196. The van der Waals surface area contributed by atoms with Gasteiger partial charge in [0.1, 0.15) is 6.10 Å². The van der Waals surface area contributed by atoms with Crippen LogP contribution in [0.3, 0.4) is 0 Å². The van der Waals surface area contributed by atoms with Gasteiger partial charge in [-0.3, -0.25) is 9.20 Å². The van der Waals surface area contributed by atoms with Crippen LogP contribution in [0.4, 0.5) is 0 Å². The Balaban J connectivity index is 1.89. The van der Waals surface area contributed by atoms with E-state index < -0.39 is 0 Å². The van der Waals surface area contributed by atoms with Crippen molar-refractivity contribution in [2.75, 3.05) is 0 Å². The molecule has 0 spiro atoms. The van der Waals surface area contributed by atoms with Gasteiger partial charge in [0.15, 0.2) is 16.9 Å². The highest BCUT2D eigenvalue weighted by Crippen LogP contribution is 2.30. The van der Waals surface area contributed by atoms with Crippen LogP contribution in [0.1, 0.15) is 43.1 Å². The number of fused-ring (bicyclic) bond motifs is 1. The van der Waals surface area contributed by atoms with Gasteiger partial charge in [-0.1, -0.05) is 13.3 Å². The van der Waals surface area contributed by atoms with Crippen LogP contribution < -0.4 is 4.74 Å². The van der Waals surface area contributed by atoms with Gasteiger partial charge >= 0.3 is 0 Å². The number of aromatic nitrogens is 2. The van der Waals surface area contributed by atoms with E-state index in [-0.39, 0.29) is 6.10 Å². The van der Waals surface area contributed by atoms with E-state index in [9.17, 15) is 4.79 Å². The van der Waals surface area contributed by atoms with E-state index in [2.05, 4.69) is 11.9 Å². The zero-order chi connectivity index (χ0) is 12.5. The monoisotopic (exact) mass is 264 g/mol. The van der Waals surface area contributed by atoms with Crippen molar-refractivity contribution in [2.45, 2.75) is 38.7 Å². The third kappa shape index (κ3) is 1.92. The molecule has 2 heterocycles. The van der Waals surface area contributed by atoms with Gasteiger partial charge in [-0.05, 0) is 25.2 Å². The van der Waals surface area contributed by atoms with Crippen molar-refractivity contribution in [1.29, 1.82) is 0 Å². The first kappa shape index (κ1) is 11.7. The maximum absolute atomic E-state index is 11.2. The lowest BCUT2D eigenvalue weighted by molar-refractivity contribution is 0.0948. The molecule has 18 heavy (non-hydrogen) atoms. The highest BCUT2D eigenvalue weighted by Gasteiger charge is 2.25. The smallest absolute Gasteiger partial charge is 0.244 e. The zero-order valence-electron chi connectivity index (χ0n) is 10.3. The minimum atomic E-state index is 0.196. The van der Waals surface area contributed by atoms with Gasteiger partial charge in [-0.15, -0.1) is 11.3 Å². The van der Waals surface area contributed by atoms with Crippen molar-refractivity contribution < 1.29 is 9.53 Å². The first-order valence-corrected chi connectivity index (χ1v) is 7.25.